The van der Waals surface area contributed by atoms with Gasteiger partial charge in [-0.15, -0.1) is 0 Å². The second-order valence-electron chi connectivity index (χ2n) is 3.78. The zero-order chi connectivity index (χ0) is 14.0. The van der Waals surface area contributed by atoms with Gasteiger partial charge in [-0.1, -0.05) is 23.7 Å². The van der Waals surface area contributed by atoms with Crippen LogP contribution in [0.15, 0.2) is 36.4 Å². The molecule has 0 saturated heterocycles. The van der Waals surface area contributed by atoms with Crippen molar-refractivity contribution in [3.63, 3.8) is 0 Å². The SMILES string of the molecule is O=Cc1ccc(-c2ccc(F)c(Cl)c2)cc1[N+](=O)[O-]. The molecular formula is C13H7ClFNO3. The highest BCUT2D eigenvalue weighted by Crippen LogP contribution is 2.29. The molecule has 0 bridgehead atoms. The van der Waals surface area contributed by atoms with Gasteiger partial charge in [-0.2, -0.15) is 0 Å². The second kappa shape index (κ2) is 5.16. The van der Waals surface area contributed by atoms with E-state index in [0.717, 1.165) is 0 Å². The summed E-state index contributed by atoms with van der Waals surface area (Å²) in [6, 6.07) is 8.15. The number of halogens is 2. The van der Waals surface area contributed by atoms with Crippen molar-refractivity contribution in [2.45, 2.75) is 0 Å². The molecule has 0 saturated carbocycles. The van der Waals surface area contributed by atoms with E-state index in [1.54, 1.807) is 6.07 Å². The van der Waals surface area contributed by atoms with E-state index >= 15 is 0 Å². The van der Waals surface area contributed by atoms with Crippen LogP contribution in [-0.4, -0.2) is 11.2 Å². The lowest BCUT2D eigenvalue weighted by Crippen LogP contribution is -1.94. The van der Waals surface area contributed by atoms with Crippen molar-refractivity contribution in [3.05, 3.63) is 62.9 Å². The van der Waals surface area contributed by atoms with Gasteiger partial charge in [-0.05, 0) is 29.3 Å². The van der Waals surface area contributed by atoms with Crippen molar-refractivity contribution < 1.29 is 14.1 Å². The Balaban J connectivity index is 2.56. The fraction of sp³-hybridized carbons (Fsp3) is 0. The first-order valence-corrected chi connectivity index (χ1v) is 5.60. The molecule has 2 rings (SSSR count). The molecule has 6 heteroatoms. The fourth-order valence-electron chi connectivity index (χ4n) is 1.66. The maximum atomic E-state index is 13.1. The molecular weight excluding hydrogens is 273 g/mol. The van der Waals surface area contributed by atoms with Crippen LogP contribution in [0.3, 0.4) is 0 Å². The van der Waals surface area contributed by atoms with Crippen LogP contribution in [0.5, 0.6) is 0 Å². The standard InChI is InChI=1S/C13H7ClFNO3/c14-11-5-8(3-4-12(11)15)9-1-2-10(7-17)13(6-9)16(18)19/h1-7H. The van der Waals surface area contributed by atoms with Crippen LogP contribution in [-0.2, 0) is 0 Å². The summed E-state index contributed by atoms with van der Waals surface area (Å²) >= 11 is 5.66. The molecule has 0 spiro atoms. The van der Waals surface area contributed by atoms with Crippen molar-refractivity contribution in [1.29, 1.82) is 0 Å². The fourth-order valence-corrected chi connectivity index (χ4v) is 1.84. The quantitative estimate of drug-likeness (QED) is 0.487. The van der Waals surface area contributed by atoms with Crippen LogP contribution in [0.25, 0.3) is 11.1 Å². The zero-order valence-corrected chi connectivity index (χ0v) is 10.2. The first-order valence-electron chi connectivity index (χ1n) is 5.22. The molecule has 0 amide bonds. The van der Waals surface area contributed by atoms with Gasteiger partial charge in [0, 0.05) is 6.07 Å². The maximum absolute atomic E-state index is 13.1. The summed E-state index contributed by atoms with van der Waals surface area (Å²) < 4.78 is 13.1. The molecule has 2 aromatic rings. The first kappa shape index (κ1) is 13.2. The van der Waals surface area contributed by atoms with Gasteiger partial charge >= 0.3 is 0 Å². The third kappa shape index (κ3) is 2.61. The molecule has 0 unspecified atom stereocenters. The number of carbonyl (C=O) groups excluding carboxylic acids is 1. The number of nitro groups is 1. The van der Waals surface area contributed by atoms with E-state index in [0.29, 0.717) is 17.4 Å². The van der Waals surface area contributed by atoms with Crippen LogP contribution in [0.4, 0.5) is 10.1 Å². The Hall–Kier alpha value is -2.27. The van der Waals surface area contributed by atoms with E-state index in [1.807, 2.05) is 0 Å². The van der Waals surface area contributed by atoms with Gasteiger partial charge in [-0.25, -0.2) is 4.39 Å². The number of rotatable bonds is 3. The van der Waals surface area contributed by atoms with Crippen LogP contribution in [0, 0.1) is 15.9 Å². The van der Waals surface area contributed by atoms with Crippen molar-refractivity contribution in [3.8, 4) is 11.1 Å². The average molecular weight is 280 g/mol. The first-order chi connectivity index (χ1) is 9.02. The van der Waals surface area contributed by atoms with Crippen LogP contribution in [0.2, 0.25) is 5.02 Å². The lowest BCUT2D eigenvalue weighted by molar-refractivity contribution is -0.385. The Kier molecular flexibility index (Phi) is 3.57. The summed E-state index contributed by atoms with van der Waals surface area (Å²) in [5, 5.41) is 10.8. The average Bonchev–Trinajstić information content (AvgIpc) is 2.41. The zero-order valence-electron chi connectivity index (χ0n) is 9.47. The molecule has 0 aromatic heterocycles. The molecule has 0 aliphatic carbocycles. The minimum absolute atomic E-state index is 0.0121. The number of carbonyl (C=O) groups is 1. The maximum Gasteiger partial charge on any atom is 0.280 e. The molecule has 0 heterocycles. The van der Waals surface area contributed by atoms with Gasteiger partial charge in [-0.3, -0.25) is 14.9 Å². The summed E-state index contributed by atoms with van der Waals surface area (Å²) in [4.78, 5) is 20.9. The van der Waals surface area contributed by atoms with Gasteiger partial charge in [0.25, 0.3) is 5.69 Å². The molecule has 96 valence electrons. The largest absolute Gasteiger partial charge is 0.298 e. The highest BCUT2D eigenvalue weighted by molar-refractivity contribution is 6.31. The topological polar surface area (TPSA) is 60.2 Å². The smallest absolute Gasteiger partial charge is 0.280 e. The van der Waals surface area contributed by atoms with E-state index in [4.69, 9.17) is 11.6 Å². The van der Waals surface area contributed by atoms with Crippen molar-refractivity contribution in [2.75, 3.05) is 0 Å². The number of nitro benzene ring substituents is 1. The van der Waals surface area contributed by atoms with Gasteiger partial charge < -0.3 is 0 Å². The van der Waals surface area contributed by atoms with Gasteiger partial charge in [0.2, 0.25) is 0 Å². The normalized spacial score (nSPS) is 10.2. The third-order valence-electron chi connectivity index (χ3n) is 2.61. The molecule has 0 fully saturated rings. The number of benzene rings is 2. The van der Waals surface area contributed by atoms with Crippen LogP contribution >= 0.6 is 11.6 Å². The van der Waals surface area contributed by atoms with Crippen LogP contribution in [0.1, 0.15) is 10.4 Å². The van der Waals surface area contributed by atoms with Crippen LogP contribution < -0.4 is 0 Å². The number of hydrogen-bond acceptors (Lipinski definition) is 3. The minimum atomic E-state index is -0.641. The van der Waals surface area contributed by atoms with Gasteiger partial charge in [0.05, 0.1) is 15.5 Å². The second-order valence-corrected chi connectivity index (χ2v) is 4.18. The number of nitrogens with zero attached hydrogens (tertiary/aromatic N) is 1. The molecule has 19 heavy (non-hydrogen) atoms. The molecule has 2 aromatic carbocycles. The van der Waals surface area contributed by atoms with Gasteiger partial charge in [0.15, 0.2) is 6.29 Å². The Morgan fingerprint density at radius 3 is 2.37 bits per heavy atom. The Morgan fingerprint density at radius 1 is 1.16 bits per heavy atom. The molecule has 0 aliphatic heterocycles. The predicted octanol–water partition coefficient (Wildman–Crippen LogP) is 3.87. The molecule has 0 radical (unpaired) electrons. The predicted molar refractivity (Wildman–Crippen MR) is 68.9 cm³/mol. The number of aldehydes is 1. The van der Waals surface area contributed by atoms with E-state index in [1.165, 1.54) is 30.3 Å². The van der Waals surface area contributed by atoms with Crippen molar-refractivity contribution in [2.24, 2.45) is 0 Å². The van der Waals surface area contributed by atoms with E-state index < -0.39 is 10.7 Å². The van der Waals surface area contributed by atoms with Crippen molar-refractivity contribution in [1.82, 2.24) is 0 Å². The Morgan fingerprint density at radius 2 is 1.79 bits per heavy atom. The lowest BCUT2D eigenvalue weighted by atomic mass is 10.0. The van der Waals surface area contributed by atoms with E-state index in [9.17, 15) is 19.3 Å². The molecule has 0 N–H and O–H groups in total. The highest BCUT2D eigenvalue weighted by atomic mass is 35.5. The highest BCUT2D eigenvalue weighted by Gasteiger charge is 2.15. The van der Waals surface area contributed by atoms with Gasteiger partial charge in [0.1, 0.15) is 5.82 Å². The minimum Gasteiger partial charge on any atom is -0.298 e. The summed E-state index contributed by atoms with van der Waals surface area (Å²) in [6.45, 7) is 0. The monoisotopic (exact) mass is 279 g/mol. The summed E-state index contributed by atoms with van der Waals surface area (Å²) in [5.74, 6) is -0.565. The van der Waals surface area contributed by atoms with E-state index in [2.05, 4.69) is 0 Å². The Labute approximate surface area is 112 Å². The third-order valence-corrected chi connectivity index (χ3v) is 2.90. The summed E-state index contributed by atoms with van der Waals surface area (Å²) in [6.07, 6.45) is 0.416. The molecule has 0 atom stereocenters. The molecule has 4 nitrogen and oxygen atoms in total. The Bertz CT molecular complexity index is 673. The lowest BCUT2D eigenvalue weighted by Gasteiger charge is -2.04. The summed E-state index contributed by atoms with van der Waals surface area (Å²) in [5.41, 5.74) is 0.709. The molecule has 0 aliphatic rings. The summed E-state index contributed by atoms with van der Waals surface area (Å²) in [7, 11) is 0. The van der Waals surface area contributed by atoms with E-state index in [-0.39, 0.29) is 16.3 Å². The van der Waals surface area contributed by atoms with Crippen molar-refractivity contribution >= 4 is 23.6 Å². The number of hydrogen-bond donors (Lipinski definition) is 0.